The maximum atomic E-state index is 12.7. The number of aromatic carboxylic acids is 1. The Morgan fingerprint density at radius 2 is 1.77 bits per heavy atom. The highest BCUT2D eigenvalue weighted by molar-refractivity contribution is 9.10. The van der Waals surface area contributed by atoms with Crippen LogP contribution in [0.4, 0.5) is 11.4 Å². The van der Waals surface area contributed by atoms with E-state index in [9.17, 15) is 13.2 Å². The van der Waals surface area contributed by atoms with Crippen molar-refractivity contribution in [2.24, 2.45) is 0 Å². The first-order valence-corrected chi connectivity index (χ1v) is 10.1. The van der Waals surface area contributed by atoms with Gasteiger partial charge in [0.05, 0.1) is 35.0 Å². The Bertz CT molecular complexity index is 909. The lowest BCUT2D eigenvalue weighted by Crippen LogP contribution is -2.36. The van der Waals surface area contributed by atoms with Crippen LogP contribution in [0.5, 0.6) is 0 Å². The summed E-state index contributed by atoms with van der Waals surface area (Å²) in [5.41, 5.74) is 1.24. The number of hydrogen-bond donors (Lipinski definition) is 2. The second-order valence-corrected chi connectivity index (χ2v) is 8.29. The molecule has 7 nitrogen and oxygen atoms in total. The van der Waals surface area contributed by atoms with Gasteiger partial charge in [0.1, 0.15) is 0 Å². The fourth-order valence-corrected chi connectivity index (χ4v) is 4.08. The van der Waals surface area contributed by atoms with Crippen LogP contribution in [0.3, 0.4) is 0 Å². The standard InChI is InChI=1S/C17H17BrN2O5S/c18-13-3-6-16(20-7-9-25-10-8-20)15(11-13)19-26(23,24)14-4-1-12(2-5-14)17(21)22/h1-6,11,19H,7-10H2,(H,21,22). The van der Waals surface area contributed by atoms with Gasteiger partial charge in [0, 0.05) is 17.6 Å². The summed E-state index contributed by atoms with van der Waals surface area (Å²) in [5.74, 6) is -1.11. The Hall–Kier alpha value is -2.10. The van der Waals surface area contributed by atoms with Crippen LogP contribution in [0.1, 0.15) is 10.4 Å². The summed E-state index contributed by atoms with van der Waals surface area (Å²) in [4.78, 5) is 13.0. The lowest BCUT2D eigenvalue weighted by Gasteiger charge is -2.30. The van der Waals surface area contributed by atoms with Gasteiger partial charge in [-0.3, -0.25) is 4.72 Å². The van der Waals surface area contributed by atoms with E-state index in [0.717, 1.165) is 10.2 Å². The predicted octanol–water partition coefficient (Wildman–Crippen LogP) is 2.78. The zero-order chi connectivity index (χ0) is 18.7. The largest absolute Gasteiger partial charge is 0.478 e. The third-order valence-electron chi connectivity index (χ3n) is 3.97. The van der Waals surface area contributed by atoms with E-state index in [2.05, 4.69) is 25.6 Å². The molecule has 9 heteroatoms. The molecule has 0 radical (unpaired) electrons. The van der Waals surface area contributed by atoms with Crippen LogP contribution in [-0.2, 0) is 14.8 Å². The van der Waals surface area contributed by atoms with Crippen LogP contribution in [0.15, 0.2) is 51.8 Å². The number of hydrogen-bond acceptors (Lipinski definition) is 5. The summed E-state index contributed by atoms with van der Waals surface area (Å²) in [7, 11) is -3.86. The molecule has 3 rings (SSSR count). The molecule has 26 heavy (non-hydrogen) atoms. The first kappa shape index (κ1) is 18.7. The molecule has 1 aliphatic rings. The van der Waals surface area contributed by atoms with E-state index < -0.39 is 16.0 Å². The normalized spacial score (nSPS) is 14.9. The fourth-order valence-electron chi connectivity index (χ4n) is 2.65. The highest BCUT2D eigenvalue weighted by atomic mass is 79.9. The van der Waals surface area contributed by atoms with Crippen LogP contribution >= 0.6 is 15.9 Å². The first-order valence-electron chi connectivity index (χ1n) is 7.85. The minimum atomic E-state index is -3.86. The molecule has 0 spiro atoms. The van der Waals surface area contributed by atoms with Gasteiger partial charge in [-0.15, -0.1) is 0 Å². The Kier molecular flexibility index (Phi) is 5.49. The van der Waals surface area contributed by atoms with Gasteiger partial charge in [0.25, 0.3) is 10.0 Å². The third-order valence-corrected chi connectivity index (χ3v) is 5.84. The molecule has 1 saturated heterocycles. The zero-order valence-corrected chi connectivity index (χ0v) is 16.1. The van der Waals surface area contributed by atoms with E-state index in [1.54, 1.807) is 6.07 Å². The Labute approximate surface area is 159 Å². The van der Waals surface area contributed by atoms with Gasteiger partial charge in [-0.2, -0.15) is 0 Å². The highest BCUT2D eigenvalue weighted by Gasteiger charge is 2.20. The molecule has 0 saturated carbocycles. The average Bonchev–Trinajstić information content (AvgIpc) is 2.62. The molecule has 0 aliphatic carbocycles. The number of ether oxygens (including phenoxy) is 1. The van der Waals surface area contributed by atoms with Gasteiger partial charge < -0.3 is 14.7 Å². The summed E-state index contributed by atoms with van der Waals surface area (Å²) < 4.78 is 34.1. The molecule has 2 aromatic rings. The summed E-state index contributed by atoms with van der Waals surface area (Å²) in [6.45, 7) is 2.51. The highest BCUT2D eigenvalue weighted by Crippen LogP contribution is 2.31. The number of benzene rings is 2. The molecule has 138 valence electrons. The number of nitrogens with zero attached hydrogens (tertiary/aromatic N) is 1. The number of nitrogens with one attached hydrogen (secondary N) is 1. The van der Waals surface area contributed by atoms with Crippen molar-refractivity contribution >= 4 is 43.3 Å². The number of anilines is 2. The average molecular weight is 441 g/mol. The van der Waals surface area contributed by atoms with Crippen molar-refractivity contribution in [1.29, 1.82) is 0 Å². The van der Waals surface area contributed by atoms with Gasteiger partial charge in [0.2, 0.25) is 0 Å². The maximum Gasteiger partial charge on any atom is 0.335 e. The van der Waals surface area contributed by atoms with Crippen molar-refractivity contribution in [1.82, 2.24) is 0 Å². The molecule has 2 N–H and O–H groups in total. The molecule has 0 bridgehead atoms. The van der Waals surface area contributed by atoms with Crippen molar-refractivity contribution in [2.75, 3.05) is 35.9 Å². The van der Waals surface area contributed by atoms with Crippen molar-refractivity contribution in [3.05, 3.63) is 52.5 Å². The van der Waals surface area contributed by atoms with E-state index in [0.29, 0.717) is 32.0 Å². The van der Waals surface area contributed by atoms with E-state index in [1.165, 1.54) is 24.3 Å². The quantitative estimate of drug-likeness (QED) is 0.741. The molecule has 0 atom stereocenters. The first-order chi connectivity index (χ1) is 12.4. The lowest BCUT2D eigenvalue weighted by molar-refractivity contribution is 0.0696. The van der Waals surface area contributed by atoms with Gasteiger partial charge in [-0.1, -0.05) is 15.9 Å². The second-order valence-electron chi connectivity index (χ2n) is 5.70. The number of morpholine rings is 1. The Balaban J connectivity index is 1.91. The number of carbonyl (C=O) groups is 1. The number of carboxylic acids is 1. The van der Waals surface area contributed by atoms with Gasteiger partial charge >= 0.3 is 5.97 Å². The predicted molar refractivity (Wildman–Crippen MR) is 101 cm³/mol. The summed E-state index contributed by atoms with van der Waals surface area (Å²) in [5, 5.41) is 8.94. The number of halogens is 1. The van der Waals surface area contributed by atoms with Crippen molar-refractivity contribution in [3.8, 4) is 0 Å². The van der Waals surface area contributed by atoms with Gasteiger partial charge in [0.15, 0.2) is 0 Å². The number of carboxylic acid groups (broad SMARTS) is 1. The minimum absolute atomic E-state index is 0.00426. The van der Waals surface area contributed by atoms with E-state index in [-0.39, 0.29) is 10.5 Å². The molecule has 1 heterocycles. The van der Waals surface area contributed by atoms with Crippen molar-refractivity contribution in [3.63, 3.8) is 0 Å². The molecule has 1 aliphatic heterocycles. The monoisotopic (exact) mass is 440 g/mol. The van der Waals surface area contributed by atoms with Crippen molar-refractivity contribution in [2.45, 2.75) is 4.90 Å². The molecular formula is C17H17BrN2O5S. The molecule has 2 aromatic carbocycles. The topological polar surface area (TPSA) is 95.9 Å². The molecule has 1 fully saturated rings. The molecule has 0 aromatic heterocycles. The van der Waals surface area contributed by atoms with Crippen LogP contribution in [0.25, 0.3) is 0 Å². The summed E-state index contributed by atoms with van der Waals surface area (Å²) in [6.07, 6.45) is 0. The van der Waals surface area contributed by atoms with Gasteiger partial charge in [-0.05, 0) is 42.5 Å². The van der Waals surface area contributed by atoms with Crippen LogP contribution in [0.2, 0.25) is 0 Å². The molecule has 0 amide bonds. The van der Waals surface area contributed by atoms with E-state index in [4.69, 9.17) is 9.84 Å². The Morgan fingerprint density at radius 1 is 1.12 bits per heavy atom. The smallest absolute Gasteiger partial charge is 0.335 e. The van der Waals surface area contributed by atoms with Crippen molar-refractivity contribution < 1.29 is 23.1 Å². The summed E-state index contributed by atoms with van der Waals surface area (Å²) >= 11 is 3.37. The van der Waals surface area contributed by atoms with E-state index in [1.807, 2.05) is 12.1 Å². The SMILES string of the molecule is O=C(O)c1ccc(S(=O)(=O)Nc2cc(Br)ccc2N2CCOCC2)cc1. The van der Waals surface area contributed by atoms with Crippen LogP contribution in [-0.4, -0.2) is 45.8 Å². The minimum Gasteiger partial charge on any atom is -0.478 e. The number of rotatable bonds is 5. The zero-order valence-electron chi connectivity index (χ0n) is 13.7. The fraction of sp³-hybridized carbons (Fsp3) is 0.235. The third kappa shape index (κ3) is 4.17. The lowest BCUT2D eigenvalue weighted by atomic mass is 10.2. The maximum absolute atomic E-state index is 12.7. The Morgan fingerprint density at radius 3 is 2.38 bits per heavy atom. The molecule has 0 unspecified atom stereocenters. The summed E-state index contributed by atoms with van der Waals surface area (Å²) in [6, 6.07) is 10.5. The van der Waals surface area contributed by atoms with E-state index >= 15 is 0 Å². The number of sulfonamides is 1. The van der Waals surface area contributed by atoms with Gasteiger partial charge in [-0.25, -0.2) is 13.2 Å². The van der Waals surface area contributed by atoms with Crippen LogP contribution < -0.4 is 9.62 Å². The van der Waals surface area contributed by atoms with Crippen LogP contribution in [0, 0.1) is 0 Å². The molecular weight excluding hydrogens is 424 g/mol. The second kappa shape index (κ2) is 7.65.